The SMILES string of the molecule is CC(c1ccc(Br)cc1)N(N)/C=C\N. The molecule has 1 aromatic carbocycles. The molecule has 14 heavy (non-hydrogen) atoms. The monoisotopic (exact) mass is 255 g/mol. The van der Waals surface area contributed by atoms with Crippen LogP contribution in [0.3, 0.4) is 0 Å². The molecule has 0 spiro atoms. The van der Waals surface area contributed by atoms with E-state index in [1.165, 1.54) is 6.20 Å². The Bertz CT molecular complexity index is 308. The Morgan fingerprint density at radius 1 is 1.36 bits per heavy atom. The van der Waals surface area contributed by atoms with E-state index in [1.807, 2.05) is 31.2 Å². The zero-order chi connectivity index (χ0) is 10.6. The average molecular weight is 256 g/mol. The number of halogens is 1. The minimum Gasteiger partial charge on any atom is -0.403 e. The highest BCUT2D eigenvalue weighted by Crippen LogP contribution is 2.19. The number of hydrazine groups is 1. The van der Waals surface area contributed by atoms with Crippen LogP contribution in [0.1, 0.15) is 18.5 Å². The minimum absolute atomic E-state index is 0.114. The molecule has 0 radical (unpaired) electrons. The van der Waals surface area contributed by atoms with Gasteiger partial charge in [0.25, 0.3) is 0 Å². The maximum Gasteiger partial charge on any atom is 0.0667 e. The van der Waals surface area contributed by atoms with Gasteiger partial charge < -0.3 is 10.7 Å². The molecule has 0 saturated carbocycles. The molecule has 0 bridgehead atoms. The molecule has 4 heteroatoms. The van der Waals surface area contributed by atoms with Gasteiger partial charge in [-0.2, -0.15) is 0 Å². The van der Waals surface area contributed by atoms with Crippen LogP contribution < -0.4 is 11.6 Å². The Kier molecular flexibility index (Phi) is 3.98. The van der Waals surface area contributed by atoms with Crippen LogP contribution in [-0.2, 0) is 0 Å². The van der Waals surface area contributed by atoms with Crippen molar-refractivity contribution in [2.75, 3.05) is 0 Å². The van der Waals surface area contributed by atoms with Crippen LogP contribution in [0.2, 0.25) is 0 Å². The summed E-state index contributed by atoms with van der Waals surface area (Å²) in [5, 5.41) is 1.57. The quantitative estimate of drug-likeness (QED) is 0.643. The third-order valence-electron chi connectivity index (χ3n) is 2.06. The lowest BCUT2D eigenvalue weighted by Gasteiger charge is -2.22. The van der Waals surface area contributed by atoms with E-state index < -0.39 is 0 Å². The van der Waals surface area contributed by atoms with Crippen molar-refractivity contribution in [1.82, 2.24) is 5.01 Å². The van der Waals surface area contributed by atoms with Crippen LogP contribution in [0.25, 0.3) is 0 Å². The van der Waals surface area contributed by atoms with Crippen LogP contribution in [0, 0.1) is 0 Å². The van der Waals surface area contributed by atoms with Crippen molar-refractivity contribution in [3.05, 3.63) is 46.7 Å². The van der Waals surface area contributed by atoms with E-state index in [-0.39, 0.29) is 6.04 Å². The van der Waals surface area contributed by atoms with Crippen LogP contribution in [0.15, 0.2) is 41.1 Å². The second-order valence-corrected chi connectivity index (χ2v) is 3.93. The van der Waals surface area contributed by atoms with Crippen molar-refractivity contribution in [1.29, 1.82) is 0 Å². The van der Waals surface area contributed by atoms with E-state index in [0.717, 1.165) is 10.0 Å². The van der Waals surface area contributed by atoms with Crippen molar-refractivity contribution in [3.8, 4) is 0 Å². The summed E-state index contributed by atoms with van der Waals surface area (Å²) in [4.78, 5) is 0. The Hall–Kier alpha value is -1.00. The number of rotatable bonds is 3. The van der Waals surface area contributed by atoms with Crippen molar-refractivity contribution < 1.29 is 0 Å². The Labute approximate surface area is 92.5 Å². The number of nitrogens with two attached hydrogens (primary N) is 2. The van der Waals surface area contributed by atoms with Crippen molar-refractivity contribution in [2.24, 2.45) is 11.6 Å². The lowest BCUT2D eigenvalue weighted by molar-refractivity contribution is 0.308. The number of benzene rings is 1. The molecule has 4 N–H and O–H groups in total. The fourth-order valence-corrected chi connectivity index (χ4v) is 1.41. The Morgan fingerprint density at radius 2 is 1.93 bits per heavy atom. The summed E-state index contributed by atoms with van der Waals surface area (Å²) in [6, 6.07) is 8.15. The first-order valence-electron chi connectivity index (χ1n) is 4.32. The molecular weight excluding hydrogens is 242 g/mol. The molecule has 76 valence electrons. The third-order valence-corrected chi connectivity index (χ3v) is 2.59. The van der Waals surface area contributed by atoms with E-state index >= 15 is 0 Å². The van der Waals surface area contributed by atoms with E-state index in [0.29, 0.717) is 0 Å². The summed E-state index contributed by atoms with van der Waals surface area (Å²) in [6.07, 6.45) is 3.07. The van der Waals surface area contributed by atoms with Gasteiger partial charge in [-0.25, -0.2) is 5.84 Å². The number of hydrogen-bond acceptors (Lipinski definition) is 3. The van der Waals surface area contributed by atoms with Gasteiger partial charge in [0, 0.05) is 16.9 Å². The summed E-state index contributed by atoms with van der Waals surface area (Å²) in [7, 11) is 0. The normalized spacial score (nSPS) is 13.1. The maximum atomic E-state index is 5.75. The van der Waals surface area contributed by atoms with Crippen LogP contribution in [0.5, 0.6) is 0 Å². The lowest BCUT2D eigenvalue weighted by Crippen LogP contribution is -2.28. The smallest absolute Gasteiger partial charge is 0.0667 e. The molecule has 0 aromatic heterocycles. The molecule has 0 saturated heterocycles. The summed E-state index contributed by atoms with van der Waals surface area (Å²) in [5.41, 5.74) is 6.41. The fraction of sp³-hybridized carbons (Fsp3) is 0.200. The minimum atomic E-state index is 0.114. The predicted molar refractivity (Wildman–Crippen MR) is 61.9 cm³/mol. The Morgan fingerprint density at radius 3 is 2.43 bits per heavy atom. The molecule has 1 unspecified atom stereocenters. The molecule has 1 aromatic rings. The number of hydrogen-bond donors (Lipinski definition) is 2. The first kappa shape index (κ1) is 11.1. The maximum absolute atomic E-state index is 5.75. The van der Waals surface area contributed by atoms with Crippen molar-refractivity contribution >= 4 is 15.9 Å². The summed E-state index contributed by atoms with van der Waals surface area (Å²) < 4.78 is 1.06. The molecule has 1 rings (SSSR count). The zero-order valence-corrected chi connectivity index (χ0v) is 9.61. The number of nitrogens with zero attached hydrogens (tertiary/aromatic N) is 1. The molecule has 3 nitrogen and oxygen atoms in total. The Balaban J connectivity index is 2.78. The van der Waals surface area contributed by atoms with Gasteiger partial charge >= 0.3 is 0 Å². The largest absolute Gasteiger partial charge is 0.403 e. The second kappa shape index (κ2) is 5.02. The van der Waals surface area contributed by atoms with Crippen LogP contribution in [-0.4, -0.2) is 5.01 Å². The first-order valence-corrected chi connectivity index (χ1v) is 5.11. The third kappa shape index (κ3) is 2.75. The molecule has 0 aliphatic rings. The predicted octanol–water partition coefficient (Wildman–Crippen LogP) is 2.12. The van der Waals surface area contributed by atoms with E-state index in [1.54, 1.807) is 11.2 Å². The van der Waals surface area contributed by atoms with Gasteiger partial charge in [0.15, 0.2) is 0 Å². The van der Waals surface area contributed by atoms with Crippen LogP contribution >= 0.6 is 15.9 Å². The molecule has 0 heterocycles. The summed E-state index contributed by atoms with van der Waals surface area (Å²) >= 11 is 3.38. The van der Waals surface area contributed by atoms with E-state index in [2.05, 4.69) is 15.9 Å². The van der Waals surface area contributed by atoms with Crippen molar-refractivity contribution in [2.45, 2.75) is 13.0 Å². The molecule has 0 aliphatic heterocycles. The zero-order valence-electron chi connectivity index (χ0n) is 8.02. The van der Waals surface area contributed by atoms with Gasteiger partial charge in [-0.15, -0.1) is 0 Å². The lowest BCUT2D eigenvalue weighted by atomic mass is 10.1. The highest BCUT2D eigenvalue weighted by molar-refractivity contribution is 9.10. The van der Waals surface area contributed by atoms with Crippen molar-refractivity contribution in [3.63, 3.8) is 0 Å². The summed E-state index contributed by atoms with van der Waals surface area (Å²) in [6.45, 7) is 2.02. The van der Waals surface area contributed by atoms with Gasteiger partial charge in [-0.1, -0.05) is 28.1 Å². The molecule has 0 aliphatic carbocycles. The summed E-state index contributed by atoms with van der Waals surface area (Å²) in [5.74, 6) is 5.75. The molecule has 0 amide bonds. The molecular formula is C10H14BrN3. The van der Waals surface area contributed by atoms with E-state index in [9.17, 15) is 0 Å². The van der Waals surface area contributed by atoms with Gasteiger partial charge in [-0.05, 0) is 24.6 Å². The second-order valence-electron chi connectivity index (χ2n) is 3.02. The molecule has 0 fully saturated rings. The average Bonchev–Trinajstić information content (AvgIpc) is 2.18. The topological polar surface area (TPSA) is 55.3 Å². The molecule has 1 atom stereocenters. The van der Waals surface area contributed by atoms with Gasteiger partial charge in [0.05, 0.1) is 6.04 Å². The standard InChI is InChI=1S/C10H14BrN3/c1-8(14(13)7-6-12)9-2-4-10(11)5-3-9/h2-8H,12-13H2,1H3/b7-6-. The van der Waals surface area contributed by atoms with E-state index in [4.69, 9.17) is 11.6 Å². The highest BCUT2D eigenvalue weighted by Gasteiger charge is 2.07. The first-order chi connectivity index (χ1) is 6.65. The van der Waals surface area contributed by atoms with Gasteiger partial charge in [-0.3, -0.25) is 0 Å². The fourth-order valence-electron chi connectivity index (χ4n) is 1.14. The van der Waals surface area contributed by atoms with Crippen LogP contribution in [0.4, 0.5) is 0 Å². The van der Waals surface area contributed by atoms with Gasteiger partial charge in [0.2, 0.25) is 0 Å². The van der Waals surface area contributed by atoms with Gasteiger partial charge in [0.1, 0.15) is 0 Å². The highest BCUT2D eigenvalue weighted by atomic mass is 79.9.